The Morgan fingerprint density at radius 3 is 2.55 bits per heavy atom. The van der Waals surface area contributed by atoms with Gasteiger partial charge in [-0.05, 0) is 42.9 Å². The van der Waals surface area contributed by atoms with Gasteiger partial charge in [0.2, 0.25) is 11.8 Å². The van der Waals surface area contributed by atoms with Crippen molar-refractivity contribution in [2.45, 2.75) is 31.7 Å². The number of hydrogen-bond donors (Lipinski definition) is 1. The molecule has 2 atom stereocenters. The fourth-order valence-electron chi connectivity index (χ4n) is 5.04. The third kappa shape index (κ3) is 3.46. The van der Waals surface area contributed by atoms with Crippen LogP contribution in [0.5, 0.6) is 0 Å². The Morgan fingerprint density at radius 2 is 1.84 bits per heavy atom. The van der Waals surface area contributed by atoms with Crippen LogP contribution < -0.4 is 5.32 Å². The molecule has 10 heteroatoms. The van der Waals surface area contributed by atoms with Gasteiger partial charge in [0, 0.05) is 30.7 Å². The summed E-state index contributed by atoms with van der Waals surface area (Å²) < 4.78 is 27.4. The smallest absolute Gasteiger partial charge is 0.246 e. The topological polar surface area (TPSA) is 87.5 Å². The second kappa shape index (κ2) is 7.33. The summed E-state index contributed by atoms with van der Waals surface area (Å²) in [5.74, 6) is -1.78. The molecule has 2 heterocycles. The van der Waals surface area contributed by atoms with E-state index in [0.717, 1.165) is 6.07 Å². The number of carbonyl (C=O) groups is 2. The van der Waals surface area contributed by atoms with E-state index >= 15 is 0 Å². The van der Waals surface area contributed by atoms with E-state index in [4.69, 9.17) is 11.6 Å². The number of halogens is 3. The minimum Gasteiger partial charge on any atom is -0.310 e. The molecule has 4 aliphatic rings. The normalized spacial score (nSPS) is 28.5. The van der Waals surface area contributed by atoms with Gasteiger partial charge in [-0.3, -0.25) is 9.59 Å². The number of amides is 2. The standard InChI is InChI=1S/C21H18ClF2N5O2/c22-17-6-18(26-10-25-17)28-20(31)21-7-12(8-21)15(9-21)19(30)29-16(1-2-27-29)11-3-13(23)5-14(24)4-11/h2-6,10,12,15-16H,1,7-9H2,(H,25,26,28,31)/t12?,15-,16?,21?/m0/s1. The van der Waals surface area contributed by atoms with Gasteiger partial charge in [-0.15, -0.1) is 0 Å². The van der Waals surface area contributed by atoms with E-state index in [1.54, 1.807) is 6.21 Å². The summed E-state index contributed by atoms with van der Waals surface area (Å²) >= 11 is 5.84. The van der Waals surface area contributed by atoms with E-state index in [1.807, 2.05) is 0 Å². The lowest BCUT2D eigenvalue weighted by atomic mass is 9.68. The number of hydrogen-bond acceptors (Lipinski definition) is 5. The molecule has 0 saturated heterocycles. The molecule has 6 rings (SSSR count). The third-order valence-corrected chi connectivity index (χ3v) is 6.69. The molecule has 0 spiro atoms. The van der Waals surface area contributed by atoms with Crippen molar-refractivity contribution < 1.29 is 18.4 Å². The van der Waals surface area contributed by atoms with Crippen LogP contribution in [0.1, 0.15) is 37.3 Å². The van der Waals surface area contributed by atoms with Crippen molar-refractivity contribution in [2.75, 3.05) is 5.32 Å². The number of rotatable bonds is 4. The van der Waals surface area contributed by atoms with Crippen LogP contribution in [-0.4, -0.2) is 33.0 Å². The molecule has 0 radical (unpaired) electrons. The first kappa shape index (κ1) is 20.0. The summed E-state index contributed by atoms with van der Waals surface area (Å²) in [4.78, 5) is 33.9. The monoisotopic (exact) mass is 445 g/mol. The average molecular weight is 446 g/mol. The van der Waals surface area contributed by atoms with Gasteiger partial charge in [0.15, 0.2) is 0 Å². The highest BCUT2D eigenvalue weighted by Gasteiger charge is 2.63. The molecule has 2 bridgehead atoms. The molecule has 2 aromatic rings. The van der Waals surface area contributed by atoms with Gasteiger partial charge >= 0.3 is 0 Å². The Balaban J connectivity index is 1.30. The van der Waals surface area contributed by atoms with Crippen molar-refractivity contribution in [3.05, 3.63) is 52.9 Å². The zero-order valence-corrected chi connectivity index (χ0v) is 17.0. The van der Waals surface area contributed by atoms with Crippen molar-refractivity contribution >= 4 is 35.4 Å². The molecule has 3 saturated carbocycles. The lowest BCUT2D eigenvalue weighted by Crippen LogP contribution is -2.41. The molecule has 3 aliphatic carbocycles. The van der Waals surface area contributed by atoms with Gasteiger partial charge < -0.3 is 5.32 Å². The van der Waals surface area contributed by atoms with Crippen molar-refractivity contribution in [3.63, 3.8) is 0 Å². The number of carbonyl (C=O) groups excluding carboxylic acids is 2. The van der Waals surface area contributed by atoms with Crippen LogP contribution in [0.3, 0.4) is 0 Å². The first-order chi connectivity index (χ1) is 14.8. The SMILES string of the molecule is O=C([C@H]1CC2(C(=O)Nc3cc(Cl)ncn3)CC1C2)N1N=CCC1c1cc(F)cc(F)c1. The van der Waals surface area contributed by atoms with Crippen LogP contribution in [0.25, 0.3) is 0 Å². The fourth-order valence-corrected chi connectivity index (χ4v) is 5.19. The Labute approximate surface area is 181 Å². The summed E-state index contributed by atoms with van der Waals surface area (Å²) in [6, 6.07) is 4.15. The molecule has 31 heavy (non-hydrogen) atoms. The number of fused-ring (bicyclic) bond motifs is 1. The van der Waals surface area contributed by atoms with Crippen LogP contribution in [0.15, 0.2) is 35.7 Å². The third-order valence-electron chi connectivity index (χ3n) is 6.49. The Morgan fingerprint density at radius 1 is 1.10 bits per heavy atom. The second-order valence-corrected chi connectivity index (χ2v) is 8.76. The molecule has 7 nitrogen and oxygen atoms in total. The molecule has 1 unspecified atom stereocenters. The fraction of sp³-hybridized carbons (Fsp3) is 0.381. The summed E-state index contributed by atoms with van der Waals surface area (Å²) in [5, 5.41) is 8.48. The van der Waals surface area contributed by atoms with E-state index in [1.165, 1.54) is 29.5 Å². The summed E-state index contributed by atoms with van der Waals surface area (Å²) in [5.41, 5.74) is -0.270. The van der Waals surface area contributed by atoms with E-state index in [9.17, 15) is 18.4 Å². The van der Waals surface area contributed by atoms with E-state index in [2.05, 4.69) is 20.4 Å². The quantitative estimate of drug-likeness (QED) is 0.726. The molecular weight excluding hydrogens is 428 g/mol. The van der Waals surface area contributed by atoms with Crippen LogP contribution in [-0.2, 0) is 9.59 Å². The predicted octanol–water partition coefficient (Wildman–Crippen LogP) is 3.72. The highest BCUT2D eigenvalue weighted by molar-refractivity contribution is 6.29. The molecule has 1 aliphatic heterocycles. The van der Waals surface area contributed by atoms with Crippen LogP contribution >= 0.6 is 11.6 Å². The van der Waals surface area contributed by atoms with Gasteiger partial charge in [0.1, 0.15) is 28.9 Å². The molecule has 3 fully saturated rings. The van der Waals surface area contributed by atoms with Crippen molar-refractivity contribution in [3.8, 4) is 0 Å². The highest BCUT2D eigenvalue weighted by atomic mass is 35.5. The van der Waals surface area contributed by atoms with E-state index < -0.39 is 23.1 Å². The van der Waals surface area contributed by atoms with Gasteiger partial charge in [-0.1, -0.05) is 11.6 Å². The molecular formula is C21H18ClF2N5O2. The molecule has 2 amide bonds. The Kier molecular flexibility index (Phi) is 4.73. The van der Waals surface area contributed by atoms with E-state index in [0.29, 0.717) is 37.1 Å². The largest absolute Gasteiger partial charge is 0.310 e. The van der Waals surface area contributed by atoms with E-state index in [-0.39, 0.29) is 28.8 Å². The number of hydrazone groups is 1. The van der Waals surface area contributed by atoms with Crippen molar-refractivity contribution in [1.82, 2.24) is 15.0 Å². The minimum atomic E-state index is -0.696. The number of nitrogens with one attached hydrogen (secondary N) is 1. The van der Waals surface area contributed by atoms with Gasteiger partial charge in [0.25, 0.3) is 0 Å². The van der Waals surface area contributed by atoms with Gasteiger partial charge in [-0.2, -0.15) is 5.10 Å². The Bertz CT molecular complexity index is 1080. The predicted molar refractivity (Wildman–Crippen MR) is 108 cm³/mol. The first-order valence-corrected chi connectivity index (χ1v) is 10.3. The lowest BCUT2D eigenvalue weighted by Gasteiger charge is -2.36. The number of anilines is 1. The maximum atomic E-state index is 13.7. The maximum absolute atomic E-state index is 13.7. The number of benzene rings is 1. The summed E-state index contributed by atoms with van der Waals surface area (Å²) in [6.45, 7) is 0. The maximum Gasteiger partial charge on any atom is 0.246 e. The number of nitrogens with zero attached hydrogens (tertiary/aromatic N) is 4. The highest BCUT2D eigenvalue weighted by Crippen LogP contribution is 2.62. The molecule has 1 N–H and O–H groups in total. The van der Waals surface area contributed by atoms with Crippen molar-refractivity contribution in [1.29, 1.82) is 0 Å². The van der Waals surface area contributed by atoms with Gasteiger partial charge in [-0.25, -0.2) is 23.8 Å². The molecule has 160 valence electrons. The average Bonchev–Trinajstić information content (AvgIpc) is 3.40. The Hall–Kier alpha value is -2.94. The van der Waals surface area contributed by atoms with Crippen LogP contribution in [0.4, 0.5) is 14.6 Å². The van der Waals surface area contributed by atoms with Crippen LogP contribution in [0, 0.1) is 28.9 Å². The number of aromatic nitrogens is 2. The first-order valence-electron chi connectivity index (χ1n) is 9.95. The summed E-state index contributed by atoms with van der Waals surface area (Å²) in [7, 11) is 0. The zero-order chi connectivity index (χ0) is 21.8. The molecule has 1 aromatic heterocycles. The van der Waals surface area contributed by atoms with Crippen molar-refractivity contribution in [2.24, 2.45) is 22.4 Å². The second-order valence-electron chi connectivity index (χ2n) is 8.37. The zero-order valence-electron chi connectivity index (χ0n) is 16.3. The van der Waals surface area contributed by atoms with Gasteiger partial charge in [0.05, 0.1) is 11.5 Å². The minimum absolute atomic E-state index is 0.0768. The summed E-state index contributed by atoms with van der Waals surface area (Å²) in [6.07, 6.45) is 4.83. The van der Waals surface area contributed by atoms with Crippen LogP contribution in [0.2, 0.25) is 5.15 Å². The molecule has 1 aromatic carbocycles. The lowest BCUT2D eigenvalue weighted by molar-refractivity contribution is -0.138.